The molecule has 0 unspecified atom stereocenters. The molecule has 1 aliphatic carbocycles. The number of nitrogens with zero attached hydrogens (tertiary/aromatic N) is 1. The summed E-state index contributed by atoms with van der Waals surface area (Å²) in [5, 5.41) is 3.51. The predicted molar refractivity (Wildman–Crippen MR) is 76.3 cm³/mol. The lowest BCUT2D eigenvalue weighted by Gasteiger charge is -2.42. The van der Waals surface area contributed by atoms with Gasteiger partial charge in [0.05, 0.1) is 6.54 Å². The van der Waals surface area contributed by atoms with Crippen LogP contribution < -0.4 is 5.32 Å². The Morgan fingerprint density at radius 3 is 2.33 bits per heavy atom. The Morgan fingerprint density at radius 1 is 1.24 bits per heavy atom. The van der Waals surface area contributed by atoms with Crippen LogP contribution in [0.25, 0.3) is 0 Å². The first-order valence-corrected chi connectivity index (χ1v) is 7.92. The third-order valence-corrected chi connectivity index (χ3v) is 4.55. The van der Waals surface area contributed by atoms with Crippen molar-refractivity contribution in [2.45, 2.75) is 57.8 Å². The summed E-state index contributed by atoms with van der Waals surface area (Å²) >= 11 is 0. The first-order valence-electron chi connectivity index (χ1n) is 7.92. The standard InChI is InChI=1S/C15H27F3N2O/c1-12(2)20(11-15(16,17)18)10-14(5-7-21-8-6-14)9-19-13-3-4-13/h12-13,19H,3-11H2,1-2H3. The lowest BCUT2D eigenvalue weighted by Crippen LogP contribution is -2.51. The largest absolute Gasteiger partial charge is 0.401 e. The van der Waals surface area contributed by atoms with E-state index in [2.05, 4.69) is 5.32 Å². The van der Waals surface area contributed by atoms with Gasteiger partial charge in [-0.2, -0.15) is 13.2 Å². The molecule has 0 aromatic rings. The lowest BCUT2D eigenvalue weighted by molar-refractivity contribution is -0.155. The summed E-state index contributed by atoms with van der Waals surface area (Å²) in [5.41, 5.74) is -0.0869. The Hall–Kier alpha value is -0.330. The number of ether oxygens (including phenoxy) is 1. The molecule has 2 rings (SSSR count). The fraction of sp³-hybridized carbons (Fsp3) is 1.00. The van der Waals surface area contributed by atoms with Crippen LogP contribution in [-0.2, 0) is 4.74 Å². The molecule has 1 saturated heterocycles. The van der Waals surface area contributed by atoms with Gasteiger partial charge in [0.2, 0.25) is 0 Å². The SMILES string of the molecule is CC(C)N(CC(F)(F)F)CC1(CNC2CC2)CCOCC1. The molecule has 1 saturated carbocycles. The van der Waals surface area contributed by atoms with Crippen LogP contribution in [0.15, 0.2) is 0 Å². The van der Waals surface area contributed by atoms with Gasteiger partial charge < -0.3 is 10.1 Å². The molecular formula is C15H27F3N2O. The van der Waals surface area contributed by atoms with E-state index in [4.69, 9.17) is 4.74 Å². The van der Waals surface area contributed by atoms with Crippen LogP contribution in [0, 0.1) is 5.41 Å². The highest BCUT2D eigenvalue weighted by atomic mass is 19.4. The molecule has 0 bridgehead atoms. The molecule has 3 nitrogen and oxygen atoms in total. The monoisotopic (exact) mass is 308 g/mol. The first kappa shape index (κ1) is 17.0. The summed E-state index contributed by atoms with van der Waals surface area (Å²) in [5.74, 6) is 0. The minimum absolute atomic E-state index is 0.0869. The maximum absolute atomic E-state index is 12.8. The third kappa shape index (κ3) is 5.75. The van der Waals surface area contributed by atoms with E-state index in [1.807, 2.05) is 13.8 Å². The highest BCUT2D eigenvalue weighted by Gasteiger charge is 2.39. The van der Waals surface area contributed by atoms with E-state index in [-0.39, 0.29) is 11.5 Å². The Morgan fingerprint density at radius 2 is 1.86 bits per heavy atom. The molecule has 6 heteroatoms. The quantitative estimate of drug-likeness (QED) is 0.783. The van der Waals surface area contributed by atoms with Crippen molar-refractivity contribution < 1.29 is 17.9 Å². The minimum Gasteiger partial charge on any atom is -0.381 e. The number of hydrogen-bond donors (Lipinski definition) is 1. The van der Waals surface area contributed by atoms with Crippen molar-refractivity contribution in [1.82, 2.24) is 10.2 Å². The molecule has 0 radical (unpaired) electrons. The van der Waals surface area contributed by atoms with Crippen LogP contribution in [0.2, 0.25) is 0 Å². The molecule has 0 spiro atoms. The zero-order chi connectivity index (χ0) is 15.5. The fourth-order valence-corrected chi connectivity index (χ4v) is 2.93. The van der Waals surface area contributed by atoms with Crippen molar-refractivity contribution in [2.75, 3.05) is 32.8 Å². The smallest absolute Gasteiger partial charge is 0.381 e. The van der Waals surface area contributed by atoms with E-state index in [9.17, 15) is 13.2 Å². The molecule has 1 aliphatic heterocycles. The fourth-order valence-electron chi connectivity index (χ4n) is 2.93. The van der Waals surface area contributed by atoms with Gasteiger partial charge in [-0.05, 0) is 44.9 Å². The van der Waals surface area contributed by atoms with E-state index >= 15 is 0 Å². The molecule has 2 fully saturated rings. The topological polar surface area (TPSA) is 24.5 Å². The van der Waals surface area contributed by atoms with Crippen molar-refractivity contribution in [3.8, 4) is 0 Å². The number of hydrogen-bond acceptors (Lipinski definition) is 3. The van der Waals surface area contributed by atoms with E-state index < -0.39 is 12.7 Å². The summed E-state index contributed by atoms with van der Waals surface area (Å²) in [6, 6.07) is 0.479. The Labute approximate surface area is 125 Å². The number of nitrogens with one attached hydrogen (secondary N) is 1. The molecule has 0 amide bonds. The van der Waals surface area contributed by atoms with Gasteiger partial charge >= 0.3 is 6.18 Å². The van der Waals surface area contributed by atoms with Crippen LogP contribution in [0.5, 0.6) is 0 Å². The van der Waals surface area contributed by atoms with Crippen molar-refractivity contribution in [3.63, 3.8) is 0 Å². The number of alkyl halides is 3. The maximum Gasteiger partial charge on any atom is 0.401 e. The van der Waals surface area contributed by atoms with E-state index in [1.165, 1.54) is 12.8 Å². The average Bonchev–Trinajstić information content (AvgIpc) is 3.19. The highest BCUT2D eigenvalue weighted by Crippen LogP contribution is 2.34. The second-order valence-corrected chi connectivity index (χ2v) is 6.88. The van der Waals surface area contributed by atoms with Crippen molar-refractivity contribution in [3.05, 3.63) is 0 Å². The molecule has 2 aliphatic rings. The van der Waals surface area contributed by atoms with Gasteiger partial charge in [0, 0.05) is 38.4 Å². The minimum atomic E-state index is -4.14. The predicted octanol–water partition coefficient (Wildman–Crippen LogP) is 2.81. The van der Waals surface area contributed by atoms with Crippen LogP contribution in [0.4, 0.5) is 13.2 Å². The highest BCUT2D eigenvalue weighted by molar-refractivity contribution is 4.92. The van der Waals surface area contributed by atoms with Crippen molar-refractivity contribution in [1.29, 1.82) is 0 Å². The summed E-state index contributed by atoms with van der Waals surface area (Å²) in [6.07, 6.45) is -0.0613. The normalized spacial score (nSPS) is 23.0. The summed E-state index contributed by atoms with van der Waals surface area (Å²) in [6.45, 7) is 5.47. The molecule has 21 heavy (non-hydrogen) atoms. The second-order valence-electron chi connectivity index (χ2n) is 6.88. The van der Waals surface area contributed by atoms with Gasteiger partial charge in [-0.1, -0.05) is 0 Å². The summed E-state index contributed by atoms with van der Waals surface area (Å²) in [7, 11) is 0. The maximum atomic E-state index is 12.8. The van der Waals surface area contributed by atoms with Gasteiger partial charge in [-0.15, -0.1) is 0 Å². The molecule has 0 aromatic carbocycles. The van der Waals surface area contributed by atoms with E-state index in [0.29, 0.717) is 25.8 Å². The number of halogens is 3. The lowest BCUT2D eigenvalue weighted by atomic mass is 9.79. The Bertz CT molecular complexity index is 323. The zero-order valence-electron chi connectivity index (χ0n) is 13.0. The Balaban J connectivity index is 1.99. The Kier molecular flexibility index (Phi) is 5.54. The van der Waals surface area contributed by atoms with Gasteiger partial charge in [0.25, 0.3) is 0 Å². The molecule has 1 N–H and O–H groups in total. The van der Waals surface area contributed by atoms with Crippen molar-refractivity contribution in [2.24, 2.45) is 5.41 Å². The van der Waals surface area contributed by atoms with Gasteiger partial charge in [-0.25, -0.2) is 0 Å². The van der Waals surface area contributed by atoms with Gasteiger partial charge in [0.15, 0.2) is 0 Å². The van der Waals surface area contributed by atoms with Crippen LogP contribution in [-0.4, -0.2) is 56.0 Å². The number of rotatable bonds is 7. The summed E-state index contributed by atoms with van der Waals surface area (Å²) in [4.78, 5) is 1.57. The molecular weight excluding hydrogens is 281 g/mol. The third-order valence-electron chi connectivity index (χ3n) is 4.55. The second kappa shape index (κ2) is 6.84. The molecule has 124 valence electrons. The van der Waals surface area contributed by atoms with E-state index in [0.717, 1.165) is 19.4 Å². The zero-order valence-corrected chi connectivity index (χ0v) is 13.0. The molecule has 1 heterocycles. The molecule has 0 aromatic heterocycles. The first-order chi connectivity index (χ1) is 9.80. The summed E-state index contributed by atoms with van der Waals surface area (Å²) < 4.78 is 43.8. The van der Waals surface area contributed by atoms with Crippen LogP contribution >= 0.6 is 0 Å². The van der Waals surface area contributed by atoms with Crippen molar-refractivity contribution >= 4 is 0 Å². The average molecular weight is 308 g/mol. The van der Waals surface area contributed by atoms with Gasteiger partial charge in [-0.3, -0.25) is 4.90 Å². The van der Waals surface area contributed by atoms with Crippen LogP contribution in [0.3, 0.4) is 0 Å². The molecule has 0 atom stereocenters. The van der Waals surface area contributed by atoms with E-state index in [1.54, 1.807) is 4.90 Å². The van der Waals surface area contributed by atoms with Crippen LogP contribution in [0.1, 0.15) is 39.5 Å². The van der Waals surface area contributed by atoms with Gasteiger partial charge in [0.1, 0.15) is 0 Å².